The van der Waals surface area contributed by atoms with Crippen LogP contribution in [0.2, 0.25) is 0 Å². The van der Waals surface area contributed by atoms with Crippen LogP contribution < -0.4 is 0 Å². The van der Waals surface area contributed by atoms with E-state index in [-0.39, 0.29) is 17.4 Å². The number of ketones is 1. The van der Waals surface area contributed by atoms with Crippen LogP contribution >= 0.6 is 15.9 Å². The van der Waals surface area contributed by atoms with E-state index in [0.717, 1.165) is 0 Å². The fourth-order valence-electron chi connectivity index (χ4n) is 1.72. The molecule has 0 radical (unpaired) electrons. The Hall–Kier alpha value is -1.23. The van der Waals surface area contributed by atoms with E-state index in [1.165, 1.54) is 13.0 Å². The van der Waals surface area contributed by atoms with Crippen molar-refractivity contribution in [2.75, 3.05) is 0 Å². The van der Waals surface area contributed by atoms with E-state index in [1.54, 1.807) is 12.1 Å². The predicted octanol–water partition coefficient (Wildman–Crippen LogP) is 3.52. The summed E-state index contributed by atoms with van der Waals surface area (Å²) in [5.41, 5.74) is 0.680. The van der Waals surface area contributed by atoms with E-state index in [9.17, 15) is 14.9 Å². The SMILES string of the molecule is CCC(Cc1ccc(Br)cc1[N+](=O)[O-])C(C)=O. The lowest BCUT2D eigenvalue weighted by molar-refractivity contribution is -0.385. The number of nitro groups is 1. The standard InChI is InChI=1S/C12H14BrNO3/c1-3-9(8(2)15)6-10-4-5-11(13)7-12(10)14(16)17/h4-5,7,9H,3,6H2,1-2H3. The molecule has 0 N–H and O–H groups in total. The van der Waals surface area contributed by atoms with Crippen molar-refractivity contribution in [3.05, 3.63) is 38.3 Å². The number of halogens is 1. The summed E-state index contributed by atoms with van der Waals surface area (Å²) in [5.74, 6) is -0.0698. The second kappa shape index (κ2) is 5.91. The molecule has 0 saturated carbocycles. The van der Waals surface area contributed by atoms with Gasteiger partial charge < -0.3 is 0 Å². The van der Waals surface area contributed by atoms with Crippen LogP contribution in [0.3, 0.4) is 0 Å². The lowest BCUT2D eigenvalue weighted by Crippen LogP contribution is -2.13. The van der Waals surface area contributed by atoms with Gasteiger partial charge in [-0.1, -0.05) is 28.9 Å². The molecule has 0 heterocycles. The van der Waals surface area contributed by atoms with E-state index in [0.29, 0.717) is 22.9 Å². The molecule has 0 aliphatic carbocycles. The minimum atomic E-state index is -0.410. The summed E-state index contributed by atoms with van der Waals surface area (Å²) >= 11 is 3.21. The summed E-state index contributed by atoms with van der Waals surface area (Å²) in [5, 5.41) is 10.9. The van der Waals surface area contributed by atoms with Crippen LogP contribution in [0.1, 0.15) is 25.8 Å². The number of hydrogen-bond donors (Lipinski definition) is 0. The smallest absolute Gasteiger partial charge is 0.273 e. The van der Waals surface area contributed by atoms with Gasteiger partial charge in [0.1, 0.15) is 5.78 Å². The number of hydrogen-bond acceptors (Lipinski definition) is 3. The topological polar surface area (TPSA) is 60.2 Å². The third-order valence-corrected chi connectivity index (χ3v) is 3.27. The molecule has 0 fully saturated rings. The Morgan fingerprint density at radius 2 is 2.18 bits per heavy atom. The van der Waals surface area contributed by atoms with Crippen molar-refractivity contribution in [1.29, 1.82) is 0 Å². The Kier molecular flexibility index (Phi) is 4.81. The molecular formula is C12H14BrNO3. The number of Topliss-reactive ketones (excluding diaryl/α,β-unsaturated/α-hetero) is 1. The monoisotopic (exact) mass is 299 g/mol. The first-order chi connectivity index (χ1) is 7.95. The molecule has 0 saturated heterocycles. The molecule has 1 rings (SSSR count). The minimum absolute atomic E-state index is 0.0686. The first-order valence-electron chi connectivity index (χ1n) is 5.39. The second-order valence-electron chi connectivity index (χ2n) is 3.95. The third kappa shape index (κ3) is 3.63. The van der Waals surface area contributed by atoms with Gasteiger partial charge in [0.05, 0.1) is 4.92 Å². The highest BCUT2D eigenvalue weighted by Gasteiger charge is 2.19. The quantitative estimate of drug-likeness (QED) is 0.617. The highest BCUT2D eigenvalue weighted by Crippen LogP contribution is 2.26. The summed E-state index contributed by atoms with van der Waals surface area (Å²) in [7, 11) is 0. The van der Waals surface area contributed by atoms with Gasteiger partial charge in [0.25, 0.3) is 5.69 Å². The summed E-state index contributed by atoms with van der Waals surface area (Å²) in [6, 6.07) is 4.94. The molecule has 4 nitrogen and oxygen atoms in total. The van der Waals surface area contributed by atoms with Crippen molar-refractivity contribution in [3.63, 3.8) is 0 Å². The van der Waals surface area contributed by atoms with Gasteiger partial charge in [0.2, 0.25) is 0 Å². The number of nitro benzene ring substituents is 1. The number of carbonyl (C=O) groups excluding carboxylic acids is 1. The minimum Gasteiger partial charge on any atom is -0.300 e. The Morgan fingerprint density at radius 3 is 2.65 bits per heavy atom. The molecule has 17 heavy (non-hydrogen) atoms. The van der Waals surface area contributed by atoms with Crippen LogP contribution in [-0.4, -0.2) is 10.7 Å². The van der Waals surface area contributed by atoms with Crippen molar-refractivity contribution in [2.24, 2.45) is 5.92 Å². The van der Waals surface area contributed by atoms with E-state index in [2.05, 4.69) is 15.9 Å². The number of benzene rings is 1. The largest absolute Gasteiger partial charge is 0.300 e. The van der Waals surface area contributed by atoms with Gasteiger partial charge in [-0.2, -0.15) is 0 Å². The highest BCUT2D eigenvalue weighted by molar-refractivity contribution is 9.10. The van der Waals surface area contributed by atoms with Crippen LogP contribution in [0, 0.1) is 16.0 Å². The zero-order valence-electron chi connectivity index (χ0n) is 9.77. The molecular weight excluding hydrogens is 286 g/mol. The van der Waals surface area contributed by atoms with Crippen LogP contribution in [-0.2, 0) is 11.2 Å². The van der Waals surface area contributed by atoms with Crippen molar-refractivity contribution >= 4 is 27.4 Å². The normalized spacial score (nSPS) is 12.2. The van der Waals surface area contributed by atoms with Crippen LogP contribution in [0.5, 0.6) is 0 Å². The molecule has 1 aromatic carbocycles. The molecule has 0 aliphatic heterocycles. The maximum Gasteiger partial charge on any atom is 0.273 e. The van der Waals surface area contributed by atoms with Crippen molar-refractivity contribution < 1.29 is 9.72 Å². The number of carbonyl (C=O) groups is 1. The molecule has 92 valence electrons. The third-order valence-electron chi connectivity index (χ3n) is 2.78. The highest BCUT2D eigenvalue weighted by atomic mass is 79.9. The molecule has 5 heteroatoms. The lowest BCUT2D eigenvalue weighted by atomic mass is 9.93. The van der Waals surface area contributed by atoms with E-state index in [1.807, 2.05) is 6.92 Å². The van der Waals surface area contributed by atoms with Crippen molar-refractivity contribution in [3.8, 4) is 0 Å². The summed E-state index contributed by atoms with van der Waals surface area (Å²) in [4.78, 5) is 21.9. The van der Waals surface area contributed by atoms with Crippen molar-refractivity contribution in [2.45, 2.75) is 26.7 Å². The Bertz CT molecular complexity index is 445. The van der Waals surface area contributed by atoms with Crippen molar-refractivity contribution in [1.82, 2.24) is 0 Å². The average molecular weight is 300 g/mol. The molecule has 0 aliphatic rings. The number of rotatable bonds is 5. The zero-order valence-corrected chi connectivity index (χ0v) is 11.4. The molecule has 1 unspecified atom stereocenters. The molecule has 0 bridgehead atoms. The lowest BCUT2D eigenvalue weighted by Gasteiger charge is -2.11. The van der Waals surface area contributed by atoms with Gasteiger partial charge in [0, 0.05) is 22.0 Å². The van der Waals surface area contributed by atoms with Crippen LogP contribution in [0.4, 0.5) is 5.69 Å². The van der Waals surface area contributed by atoms with Gasteiger partial charge in [-0.15, -0.1) is 0 Å². The Labute approximate surface area is 108 Å². The summed E-state index contributed by atoms with van der Waals surface area (Å²) in [6.07, 6.45) is 1.12. The average Bonchev–Trinajstić information content (AvgIpc) is 2.26. The fraction of sp³-hybridized carbons (Fsp3) is 0.417. The Morgan fingerprint density at radius 1 is 1.53 bits per heavy atom. The molecule has 1 aromatic rings. The fourth-order valence-corrected chi connectivity index (χ4v) is 2.07. The van der Waals surface area contributed by atoms with E-state index in [4.69, 9.17) is 0 Å². The molecule has 1 atom stereocenters. The van der Waals surface area contributed by atoms with Gasteiger partial charge >= 0.3 is 0 Å². The van der Waals surface area contributed by atoms with Crippen LogP contribution in [0.25, 0.3) is 0 Å². The molecule has 0 aromatic heterocycles. The van der Waals surface area contributed by atoms with E-state index < -0.39 is 4.92 Å². The molecule has 0 amide bonds. The van der Waals surface area contributed by atoms with E-state index >= 15 is 0 Å². The van der Waals surface area contributed by atoms with Gasteiger partial charge in [-0.05, 0) is 25.8 Å². The number of nitrogens with zero attached hydrogens (tertiary/aromatic N) is 1. The maximum atomic E-state index is 11.3. The zero-order chi connectivity index (χ0) is 13.0. The maximum absolute atomic E-state index is 11.3. The Balaban J connectivity index is 3.05. The van der Waals surface area contributed by atoms with Gasteiger partial charge in [-0.25, -0.2) is 0 Å². The summed E-state index contributed by atoms with van der Waals surface area (Å²) < 4.78 is 0.670. The summed E-state index contributed by atoms with van der Waals surface area (Å²) in [6.45, 7) is 3.44. The van der Waals surface area contributed by atoms with Gasteiger partial charge in [0.15, 0.2) is 0 Å². The van der Waals surface area contributed by atoms with Crippen LogP contribution in [0.15, 0.2) is 22.7 Å². The predicted molar refractivity (Wildman–Crippen MR) is 69.0 cm³/mol. The molecule has 0 spiro atoms. The first kappa shape index (κ1) is 13.8. The first-order valence-corrected chi connectivity index (χ1v) is 6.18. The van der Waals surface area contributed by atoms with Gasteiger partial charge in [-0.3, -0.25) is 14.9 Å². The second-order valence-corrected chi connectivity index (χ2v) is 4.87.